The molecule has 0 radical (unpaired) electrons. The van der Waals surface area contributed by atoms with Crippen LogP contribution in [0.2, 0.25) is 0 Å². The fourth-order valence-corrected chi connectivity index (χ4v) is 1.37. The van der Waals surface area contributed by atoms with Crippen LogP contribution in [0.3, 0.4) is 0 Å². The Bertz CT molecular complexity index is 211. The van der Waals surface area contributed by atoms with Crippen LogP contribution in [0.4, 0.5) is 0 Å². The summed E-state index contributed by atoms with van der Waals surface area (Å²) in [6.45, 7) is 8.74. The van der Waals surface area contributed by atoms with Crippen molar-refractivity contribution in [3.05, 3.63) is 23.8 Å². The van der Waals surface area contributed by atoms with E-state index in [0.29, 0.717) is 0 Å². The van der Waals surface area contributed by atoms with E-state index < -0.39 is 0 Å². The van der Waals surface area contributed by atoms with E-state index in [2.05, 4.69) is 45.9 Å². The van der Waals surface area contributed by atoms with Crippen molar-refractivity contribution >= 4 is 0 Å². The van der Waals surface area contributed by atoms with Crippen LogP contribution >= 0.6 is 0 Å². The lowest BCUT2D eigenvalue weighted by atomic mass is 9.88. The van der Waals surface area contributed by atoms with E-state index >= 15 is 0 Å². The first-order chi connectivity index (χ1) is 7.02. The highest BCUT2D eigenvalue weighted by Crippen LogP contribution is 2.22. The zero-order valence-corrected chi connectivity index (χ0v) is 10.7. The molecule has 0 atom stereocenters. The molecule has 1 heteroatoms. The maximum absolute atomic E-state index is 9.10. The summed E-state index contributed by atoms with van der Waals surface area (Å²) < 4.78 is 0. The minimum Gasteiger partial charge on any atom is -0.396 e. The van der Waals surface area contributed by atoms with Crippen LogP contribution in [0, 0.1) is 5.41 Å². The second kappa shape index (κ2) is 7.70. The van der Waals surface area contributed by atoms with Crippen molar-refractivity contribution in [3.63, 3.8) is 0 Å². The van der Waals surface area contributed by atoms with Crippen molar-refractivity contribution in [3.8, 4) is 0 Å². The number of allylic oxidation sites excluding steroid dienone is 4. The molecule has 0 amide bonds. The molecule has 0 aliphatic rings. The van der Waals surface area contributed by atoms with Crippen LogP contribution in [0.5, 0.6) is 0 Å². The number of hydrogen-bond donors (Lipinski definition) is 1. The molecule has 0 rings (SSSR count). The minimum absolute atomic E-state index is 0.0695. The molecule has 1 N–H and O–H groups in total. The van der Waals surface area contributed by atoms with E-state index in [1.807, 2.05) is 0 Å². The molecule has 0 spiro atoms. The first-order valence-corrected chi connectivity index (χ1v) is 5.89. The summed E-state index contributed by atoms with van der Waals surface area (Å²) in [6.07, 6.45) is 11.0. The Morgan fingerprint density at radius 1 is 1.27 bits per heavy atom. The Labute approximate surface area is 94.9 Å². The Balaban J connectivity index is 3.76. The monoisotopic (exact) mass is 210 g/mol. The molecule has 0 aromatic carbocycles. The van der Waals surface area contributed by atoms with Crippen LogP contribution in [0.1, 0.15) is 53.4 Å². The van der Waals surface area contributed by atoms with E-state index in [-0.39, 0.29) is 12.0 Å². The third-order valence-electron chi connectivity index (χ3n) is 2.68. The van der Waals surface area contributed by atoms with E-state index in [1.54, 1.807) is 0 Å². The van der Waals surface area contributed by atoms with Crippen LogP contribution in [0.15, 0.2) is 23.8 Å². The predicted octanol–water partition coefficient (Wildman–Crippen LogP) is 4.09. The molecule has 1 nitrogen and oxygen atoms in total. The average molecular weight is 210 g/mol. The van der Waals surface area contributed by atoms with E-state index in [4.69, 9.17) is 5.11 Å². The maximum atomic E-state index is 9.10. The molecular formula is C14H26O. The zero-order chi connectivity index (χ0) is 11.7. The van der Waals surface area contributed by atoms with Gasteiger partial charge in [0.15, 0.2) is 0 Å². The van der Waals surface area contributed by atoms with E-state index in [9.17, 15) is 0 Å². The Morgan fingerprint density at radius 2 is 1.93 bits per heavy atom. The molecule has 0 saturated carbocycles. The van der Waals surface area contributed by atoms with Crippen LogP contribution in [0.25, 0.3) is 0 Å². The molecule has 0 aliphatic carbocycles. The Kier molecular flexibility index (Phi) is 7.41. The molecular weight excluding hydrogens is 184 g/mol. The average Bonchev–Trinajstić information content (AvgIpc) is 2.18. The van der Waals surface area contributed by atoms with Gasteiger partial charge >= 0.3 is 0 Å². The van der Waals surface area contributed by atoms with Crippen LogP contribution in [-0.2, 0) is 0 Å². The van der Waals surface area contributed by atoms with Crippen molar-refractivity contribution < 1.29 is 5.11 Å². The van der Waals surface area contributed by atoms with E-state index in [0.717, 1.165) is 25.7 Å². The fourth-order valence-electron chi connectivity index (χ4n) is 1.37. The topological polar surface area (TPSA) is 20.2 Å². The van der Waals surface area contributed by atoms with Gasteiger partial charge in [-0.3, -0.25) is 0 Å². The van der Waals surface area contributed by atoms with Gasteiger partial charge in [-0.05, 0) is 44.9 Å². The van der Waals surface area contributed by atoms with Crippen molar-refractivity contribution in [2.24, 2.45) is 5.41 Å². The predicted molar refractivity (Wildman–Crippen MR) is 67.9 cm³/mol. The quantitative estimate of drug-likeness (QED) is 0.628. The SMILES string of the molecule is C/C=C/CC/C(C)=C/CCC(C)(C)CO. The third kappa shape index (κ3) is 8.44. The van der Waals surface area contributed by atoms with Crippen molar-refractivity contribution in [1.29, 1.82) is 0 Å². The summed E-state index contributed by atoms with van der Waals surface area (Å²) in [5.74, 6) is 0. The molecule has 0 bridgehead atoms. The standard InChI is InChI=1S/C14H26O/c1-5-6-7-9-13(2)10-8-11-14(3,4)12-15/h5-6,10,15H,7-9,11-12H2,1-4H3/b6-5+,13-10+. The zero-order valence-electron chi connectivity index (χ0n) is 10.7. The smallest absolute Gasteiger partial charge is 0.0482 e. The summed E-state index contributed by atoms with van der Waals surface area (Å²) in [5.41, 5.74) is 1.53. The maximum Gasteiger partial charge on any atom is 0.0482 e. The van der Waals surface area contributed by atoms with Gasteiger partial charge in [-0.15, -0.1) is 0 Å². The van der Waals surface area contributed by atoms with Gasteiger partial charge in [0.2, 0.25) is 0 Å². The molecule has 15 heavy (non-hydrogen) atoms. The Hall–Kier alpha value is -0.560. The molecule has 0 fully saturated rings. The van der Waals surface area contributed by atoms with Gasteiger partial charge in [0.05, 0.1) is 0 Å². The van der Waals surface area contributed by atoms with E-state index in [1.165, 1.54) is 5.57 Å². The Morgan fingerprint density at radius 3 is 2.47 bits per heavy atom. The normalized spacial score (nSPS) is 13.8. The second-order valence-corrected chi connectivity index (χ2v) is 5.02. The highest BCUT2D eigenvalue weighted by atomic mass is 16.3. The van der Waals surface area contributed by atoms with Crippen molar-refractivity contribution in [2.75, 3.05) is 6.61 Å². The van der Waals surface area contributed by atoms with Crippen molar-refractivity contribution in [1.82, 2.24) is 0 Å². The molecule has 0 aromatic heterocycles. The molecule has 88 valence electrons. The number of hydrogen-bond acceptors (Lipinski definition) is 1. The van der Waals surface area contributed by atoms with Gasteiger partial charge in [-0.2, -0.15) is 0 Å². The lowest BCUT2D eigenvalue weighted by Gasteiger charge is -2.20. The molecule has 0 saturated heterocycles. The second-order valence-electron chi connectivity index (χ2n) is 5.02. The van der Waals surface area contributed by atoms with Gasteiger partial charge in [0, 0.05) is 6.61 Å². The number of aliphatic hydroxyl groups excluding tert-OH is 1. The lowest BCUT2D eigenvalue weighted by molar-refractivity contribution is 0.151. The lowest BCUT2D eigenvalue weighted by Crippen LogP contribution is -2.15. The van der Waals surface area contributed by atoms with Gasteiger partial charge in [0.1, 0.15) is 0 Å². The molecule has 0 aromatic rings. The van der Waals surface area contributed by atoms with Gasteiger partial charge in [-0.25, -0.2) is 0 Å². The highest BCUT2D eigenvalue weighted by molar-refractivity contribution is 5.00. The first-order valence-electron chi connectivity index (χ1n) is 5.89. The minimum atomic E-state index is 0.0695. The summed E-state index contributed by atoms with van der Waals surface area (Å²) in [7, 11) is 0. The molecule has 0 aliphatic heterocycles. The molecule has 0 unspecified atom stereocenters. The van der Waals surface area contributed by atoms with Crippen molar-refractivity contribution in [2.45, 2.75) is 53.4 Å². The summed E-state index contributed by atoms with van der Waals surface area (Å²) >= 11 is 0. The number of rotatable bonds is 7. The van der Waals surface area contributed by atoms with Crippen LogP contribution < -0.4 is 0 Å². The van der Waals surface area contributed by atoms with Gasteiger partial charge < -0.3 is 5.11 Å². The number of aliphatic hydroxyl groups is 1. The van der Waals surface area contributed by atoms with Gasteiger partial charge in [-0.1, -0.05) is 37.6 Å². The largest absolute Gasteiger partial charge is 0.396 e. The highest BCUT2D eigenvalue weighted by Gasteiger charge is 2.14. The molecule has 0 heterocycles. The first kappa shape index (κ1) is 14.4. The third-order valence-corrected chi connectivity index (χ3v) is 2.68. The summed E-state index contributed by atoms with van der Waals surface area (Å²) in [6, 6.07) is 0. The summed E-state index contributed by atoms with van der Waals surface area (Å²) in [5, 5.41) is 9.10. The van der Waals surface area contributed by atoms with Gasteiger partial charge in [0.25, 0.3) is 0 Å². The van der Waals surface area contributed by atoms with Crippen LogP contribution in [-0.4, -0.2) is 11.7 Å². The summed E-state index contributed by atoms with van der Waals surface area (Å²) in [4.78, 5) is 0. The fraction of sp³-hybridized carbons (Fsp3) is 0.714.